The second-order valence-corrected chi connectivity index (χ2v) is 3.61. The summed E-state index contributed by atoms with van der Waals surface area (Å²) >= 11 is 0. The second kappa shape index (κ2) is 2.51. The predicted octanol–water partition coefficient (Wildman–Crippen LogP) is 0.918. The number of rotatable bonds is 0. The van der Waals surface area contributed by atoms with Gasteiger partial charge in [0.25, 0.3) is 0 Å². The van der Waals surface area contributed by atoms with Gasteiger partial charge in [-0.25, -0.2) is 0 Å². The zero-order valence-corrected chi connectivity index (χ0v) is 6.67. The topological polar surface area (TPSA) is 40.5 Å². The fourth-order valence-corrected chi connectivity index (χ4v) is 1.56. The molecule has 2 N–H and O–H groups in total. The Morgan fingerprint density at radius 1 is 1.50 bits per heavy atom. The van der Waals surface area contributed by atoms with Crippen LogP contribution in [0.15, 0.2) is 0 Å². The Bertz CT molecular complexity index is 120. The van der Waals surface area contributed by atoms with Crippen LogP contribution < -0.4 is 0 Å². The molecule has 0 saturated heterocycles. The molecule has 2 nitrogen and oxygen atoms in total. The molecule has 1 aliphatic rings. The summed E-state index contributed by atoms with van der Waals surface area (Å²) in [5.41, 5.74) is -0.641. The number of aliphatic hydroxyl groups is 2. The van der Waals surface area contributed by atoms with Crippen LogP contribution in [0.25, 0.3) is 0 Å². The van der Waals surface area contributed by atoms with Gasteiger partial charge in [-0.1, -0.05) is 6.92 Å². The normalized spacial score (nSPS) is 49.2. The highest BCUT2D eigenvalue weighted by molar-refractivity contribution is 4.88. The number of aliphatic hydroxyl groups excluding tert-OH is 1. The summed E-state index contributed by atoms with van der Waals surface area (Å²) in [5, 5.41) is 19.0. The summed E-state index contributed by atoms with van der Waals surface area (Å²) in [4.78, 5) is 0. The van der Waals surface area contributed by atoms with E-state index in [4.69, 9.17) is 0 Å². The Morgan fingerprint density at radius 3 is 2.50 bits per heavy atom. The molecule has 0 spiro atoms. The zero-order valence-electron chi connectivity index (χ0n) is 6.67. The van der Waals surface area contributed by atoms with Crippen molar-refractivity contribution < 1.29 is 10.2 Å². The average Bonchev–Trinajstić information content (AvgIpc) is 1.83. The molecule has 0 radical (unpaired) electrons. The van der Waals surface area contributed by atoms with Crippen molar-refractivity contribution in [1.29, 1.82) is 0 Å². The molecule has 0 aromatic rings. The summed E-state index contributed by atoms with van der Waals surface area (Å²) in [6.45, 7) is 3.71. The van der Waals surface area contributed by atoms with Crippen LogP contribution in [0.4, 0.5) is 0 Å². The lowest BCUT2D eigenvalue weighted by Crippen LogP contribution is -2.43. The van der Waals surface area contributed by atoms with E-state index < -0.39 is 5.60 Å². The van der Waals surface area contributed by atoms with Gasteiger partial charge in [-0.2, -0.15) is 0 Å². The summed E-state index contributed by atoms with van der Waals surface area (Å²) in [5.74, 6) is 0.0289. The third kappa shape index (κ3) is 1.32. The Balaban J connectivity index is 2.60. The van der Waals surface area contributed by atoms with Crippen molar-refractivity contribution in [2.24, 2.45) is 5.92 Å². The van der Waals surface area contributed by atoms with Crippen molar-refractivity contribution in [2.75, 3.05) is 0 Å². The quantitative estimate of drug-likeness (QED) is 0.530. The molecular weight excluding hydrogens is 128 g/mol. The van der Waals surface area contributed by atoms with E-state index in [1.54, 1.807) is 6.92 Å². The molecule has 0 amide bonds. The zero-order chi connectivity index (χ0) is 7.78. The molecule has 2 heteroatoms. The molecule has 0 aromatic carbocycles. The van der Waals surface area contributed by atoms with Gasteiger partial charge in [0, 0.05) is 5.92 Å². The van der Waals surface area contributed by atoms with Gasteiger partial charge in [-0.05, 0) is 26.2 Å². The van der Waals surface area contributed by atoms with E-state index in [9.17, 15) is 10.2 Å². The first-order valence-electron chi connectivity index (χ1n) is 3.94. The van der Waals surface area contributed by atoms with Gasteiger partial charge in [-0.3, -0.25) is 0 Å². The maximum Gasteiger partial charge on any atom is 0.0669 e. The molecule has 0 aliphatic heterocycles. The molecule has 0 unspecified atom stereocenters. The maximum absolute atomic E-state index is 9.65. The van der Waals surface area contributed by atoms with E-state index in [0.717, 1.165) is 19.3 Å². The van der Waals surface area contributed by atoms with Gasteiger partial charge in [0.05, 0.1) is 11.7 Å². The first-order valence-corrected chi connectivity index (χ1v) is 3.94. The van der Waals surface area contributed by atoms with Gasteiger partial charge >= 0.3 is 0 Å². The highest BCUT2D eigenvalue weighted by atomic mass is 16.3. The highest BCUT2D eigenvalue weighted by Gasteiger charge is 2.36. The molecule has 0 heterocycles. The van der Waals surface area contributed by atoms with Gasteiger partial charge in [0.1, 0.15) is 0 Å². The van der Waals surface area contributed by atoms with Gasteiger partial charge in [0.15, 0.2) is 0 Å². The van der Waals surface area contributed by atoms with Crippen molar-refractivity contribution in [3.63, 3.8) is 0 Å². The van der Waals surface area contributed by atoms with Crippen LogP contribution in [0.2, 0.25) is 0 Å². The highest BCUT2D eigenvalue weighted by Crippen LogP contribution is 2.32. The van der Waals surface area contributed by atoms with Crippen molar-refractivity contribution in [1.82, 2.24) is 0 Å². The summed E-state index contributed by atoms with van der Waals surface area (Å²) in [7, 11) is 0. The van der Waals surface area contributed by atoms with Crippen LogP contribution in [-0.2, 0) is 0 Å². The van der Waals surface area contributed by atoms with E-state index in [-0.39, 0.29) is 12.0 Å². The largest absolute Gasteiger partial charge is 0.393 e. The van der Waals surface area contributed by atoms with Crippen molar-refractivity contribution >= 4 is 0 Å². The molecular formula is C8H16O2. The molecule has 1 aliphatic carbocycles. The average molecular weight is 144 g/mol. The van der Waals surface area contributed by atoms with Crippen LogP contribution in [-0.4, -0.2) is 21.9 Å². The van der Waals surface area contributed by atoms with Crippen LogP contribution in [0.3, 0.4) is 0 Å². The molecule has 0 aromatic heterocycles. The van der Waals surface area contributed by atoms with Gasteiger partial charge in [-0.15, -0.1) is 0 Å². The Kier molecular flexibility index (Phi) is 2.02. The SMILES string of the molecule is C[C@H]1[C@H](O)CCC[C@]1(C)O. The second-order valence-electron chi connectivity index (χ2n) is 3.61. The smallest absolute Gasteiger partial charge is 0.0669 e. The van der Waals surface area contributed by atoms with Gasteiger partial charge in [0.2, 0.25) is 0 Å². The first-order chi connectivity index (χ1) is 4.54. The Hall–Kier alpha value is -0.0800. The van der Waals surface area contributed by atoms with E-state index in [0.29, 0.717) is 0 Å². The van der Waals surface area contributed by atoms with E-state index in [1.165, 1.54) is 0 Å². The van der Waals surface area contributed by atoms with Crippen LogP contribution in [0, 0.1) is 5.92 Å². The first kappa shape index (κ1) is 8.02. The molecule has 60 valence electrons. The minimum absolute atomic E-state index is 0.0289. The summed E-state index contributed by atoms with van der Waals surface area (Å²) in [6.07, 6.45) is 2.31. The molecule has 1 saturated carbocycles. The van der Waals surface area contributed by atoms with Gasteiger partial charge < -0.3 is 10.2 Å². The van der Waals surface area contributed by atoms with E-state index in [1.807, 2.05) is 6.92 Å². The molecule has 0 bridgehead atoms. The van der Waals surface area contributed by atoms with E-state index in [2.05, 4.69) is 0 Å². The molecule has 3 atom stereocenters. The lowest BCUT2D eigenvalue weighted by molar-refractivity contribution is -0.0833. The van der Waals surface area contributed by atoms with Crippen LogP contribution in [0.5, 0.6) is 0 Å². The monoisotopic (exact) mass is 144 g/mol. The number of hydrogen-bond donors (Lipinski definition) is 2. The third-order valence-corrected chi connectivity index (χ3v) is 2.74. The lowest BCUT2D eigenvalue weighted by Gasteiger charge is -2.38. The summed E-state index contributed by atoms with van der Waals surface area (Å²) in [6, 6.07) is 0. The van der Waals surface area contributed by atoms with Crippen LogP contribution >= 0.6 is 0 Å². The van der Waals surface area contributed by atoms with Crippen molar-refractivity contribution in [2.45, 2.75) is 44.8 Å². The standard InChI is InChI=1S/C8H16O2/c1-6-7(9)4-3-5-8(6,2)10/h6-7,9-10H,3-5H2,1-2H3/t6-,7+,8-/m0/s1. The van der Waals surface area contributed by atoms with E-state index >= 15 is 0 Å². The summed E-state index contributed by atoms with van der Waals surface area (Å²) < 4.78 is 0. The minimum Gasteiger partial charge on any atom is -0.393 e. The molecule has 1 rings (SSSR count). The molecule has 10 heavy (non-hydrogen) atoms. The van der Waals surface area contributed by atoms with Crippen molar-refractivity contribution in [3.8, 4) is 0 Å². The fourth-order valence-electron chi connectivity index (χ4n) is 1.56. The third-order valence-electron chi connectivity index (χ3n) is 2.74. The lowest BCUT2D eigenvalue weighted by atomic mass is 9.76. The number of hydrogen-bond acceptors (Lipinski definition) is 2. The fraction of sp³-hybridized carbons (Fsp3) is 1.00. The Morgan fingerprint density at radius 2 is 2.10 bits per heavy atom. The minimum atomic E-state index is -0.641. The Labute approximate surface area is 61.9 Å². The predicted molar refractivity (Wildman–Crippen MR) is 39.6 cm³/mol. The van der Waals surface area contributed by atoms with Crippen LogP contribution in [0.1, 0.15) is 33.1 Å². The van der Waals surface area contributed by atoms with Crippen molar-refractivity contribution in [3.05, 3.63) is 0 Å². The maximum atomic E-state index is 9.65. The molecule has 1 fully saturated rings.